The average Bonchev–Trinajstić information content (AvgIpc) is 2.80. The number of hydrogen-bond acceptors (Lipinski definition) is 5. The molecule has 0 aliphatic carbocycles. The molecule has 3 aromatic rings. The second kappa shape index (κ2) is 10.7. The van der Waals surface area contributed by atoms with Gasteiger partial charge in [-0.25, -0.2) is 0 Å². The smallest absolute Gasteiger partial charge is 0.259 e. The van der Waals surface area contributed by atoms with E-state index in [1.807, 2.05) is 6.07 Å². The largest absolute Gasteiger partial charge is 0.496 e. The Kier molecular flexibility index (Phi) is 7.75. The Balaban J connectivity index is 1.64. The Morgan fingerprint density at radius 3 is 2.00 bits per heavy atom. The number of halogens is 1. The van der Waals surface area contributed by atoms with Crippen LogP contribution in [0.15, 0.2) is 60.7 Å². The molecule has 3 N–H and O–H groups in total. The van der Waals surface area contributed by atoms with E-state index in [-0.39, 0.29) is 5.91 Å². The van der Waals surface area contributed by atoms with Crippen LogP contribution >= 0.6 is 23.8 Å². The zero-order valence-corrected chi connectivity index (χ0v) is 19.3. The summed E-state index contributed by atoms with van der Waals surface area (Å²) in [7, 11) is 4.60. The number of anilines is 3. The van der Waals surface area contributed by atoms with Gasteiger partial charge in [-0.15, -0.1) is 0 Å². The lowest BCUT2D eigenvalue weighted by atomic mass is 10.2. The molecule has 0 saturated carbocycles. The first kappa shape index (κ1) is 23.2. The number of carbonyl (C=O) groups is 1. The van der Waals surface area contributed by atoms with E-state index in [2.05, 4.69) is 16.0 Å². The molecule has 3 aromatic carbocycles. The van der Waals surface area contributed by atoms with Crippen molar-refractivity contribution >= 4 is 51.9 Å². The molecule has 0 heterocycles. The fourth-order valence-electron chi connectivity index (χ4n) is 2.91. The lowest BCUT2D eigenvalue weighted by molar-refractivity contribution is 0.102. The number of para-hydroxylation sites is 1. The molecule has 0 bridgehead atoms. The van der Waals surface area contributed by atoms with E-state index in [9.17, 15) is 4.79 Å². The predicted molar refractivity (Wildman–Crippen MR) is 132 cm³/mol. The molecule has 0 atom stereocenters. The van der Waals surface area contributed by atoms with Gasteiger partial charge in [-0.3, -0.25) is 4.79 Å². The number of amides is 1. The van der Waals surface area contributed by atoms with E-state index in [0.29, 0.717) is 44.3 Å². The van der Waals surface area contributed by atoms with Crippen LogP contribution in [0, 0.1) is 0 Å². The fourth-order valence-corrected chi connectivity index (χ4v) is 3.38. The normalized spacial score (nSPS) is 10.1. The summed E-state index contributed by atoms with van der Waals surface area (Å²) in [5, 5.41) is 9.75. The van der Waals surface area contributed by atoms with Gasteiger partial charge in [0.1, 0.15) is 17.2 Å². The van der Waals surface area contributed by atoms with Crippen LogP contribution in [0.1, 0.15) is 10.4 Å². The van der Waals surface area contributed by atoms with E-state index in [1.54, 1.807) is 61.7 Å². The van der Waals surface area contributed by atoms with E-state index in [0.717, 1.165) is 5.69 Å². The molecule has 0 radical (unpaired) electrons. The van der Waals surface area contributed by atoms with E-state index in [4.69, 9.17) is 38.0 Å². The monoisotopic (exact) mass is 471 g/mol. The summed E-state index contributed by atoms with van der Waals surface area (Å²) in [6, 6.07) is 17.5. The van der Waals surface area contributed by atoms with Gasteiger partial charge in [0.15, 0.2) is 5.11 Å². The Hall–Kier alpha value is -3.49. The highest BCUT2D eigenvalue weighted by atomic mass is 35.5. The minimum atomic E-state index is -0.260. The molecule has 3 rings (SSSR count). The highest BCUT2D eigenvalue weighted by molar-refractivity contribution is 7.80. The van der Waals surface area contributed by atoms with Crippen LogP contribution in [-0.4, -0.2) is 32.3 Å². The van der Waals surface area contributed by atoms with Crippen LogP contribution in [-0.2, 0) is 0 Å². The van der Waals surface area contributed by atoms with Crippen LogP contribution in [0.25, 0.3) is 0 Å². The molecule has 0 fully saturated rings. The van der Waals surface area contributed by atoms with Gasteiger partial charge >= 0.3 is 0 Å². The lowest BCUT2D eigenvalue weighted by Crippen LogP contribution is -2.19. The van der Waals surface area contributed by atoms with Crippen LogP contribution < -0.4 is 30.2 Å². The number of rotatable bonds is 7. The third-order valence-electron chi connectivity index (χ3n) is 4.47. The minimum absolute atomic E-state index is 0.260. The Bertz CT molecular complexity index is 1120. The van der Waals surface area contributed by atoms with Crippen molar-refractivity contribution in [2.45, 2.75) is 0 Å². The summed E-state index contributed by atoms with van der Waals surface area (Å²) < 4.78 is 15.8. The number of ether oxygens (including phenoxy) is 3. The van der Waals surface area contributed by atoms with E-state index in [1.165, 1.54) is 14.2 Å². The Labute approximate surface area is 196 Å². The zero-order chi connectivity index (χ0) is 23.1. The molecule has 1 amide bonds. The van der Waals surface area contributed by atoms with Crippen molar-refractivity contribution in [2.75, 3.05) is 37.3 Å². The second-order valence-electron chi connectivity index (χ2n) is 6.50. The van der Waals surface area contributed by atoms with Crippen molar-refractivity contribution in [3.8, 4) is 17.2 Å². The summed E-state index contributed by atoms with van der Waals surface area (Å²) in [6.45, 7) is 0. The maximum Gasteiger partial charge on any atom is 0.259 e. The van der Waals surface area contributed by atoms with Crippen molar-refractivity contribution in [1.82, 2.24) is 0 Å². The van der Waals surface area contributed by atoms with Crippen LogP contribution in [0.4, 0.5) is 17.1 Å². The third-order valence-corrected chi connectivity index (χ3v) is 4.97. The standard InChI is InChI=1S/C23H22ClN3O4S/c1-29-19-7-5-4-6-16(19)22(28)25-14-8-10-15(11-9-14)26-23(32)27-18-12-17(24)20(30-2)13-21(18)31-3/h4-13H,1-3H3,(H,25,28)(H2,26,27,32). The molecule has 0 unspecified atom stereocenters. The first-order valence-corrected chi connectivity index (χ1v) is 10.3. The first-order chi connectivity index (χ1) is 15.4. The molecule has 9 heteroatoms. The Morgan fingerprint density at radius 1 is 0.781 bits per heavy atom. The van der Waals surface area contributed by atoms with Crippen LogP contribution in [0.3, 0.4) is 0 Å². The minimum Gasteiger partial charge on any atom is -0.496 e. The van der Waals surface area contributed by atoms with Gasteiger partial charge in [-0.05, 0) is 54.7 Å². The first-order valence-electron chi connectivity index (χ1n) is 9.49. The maximum absolute atomic E-state index is 12.5. The van der Waals surface area contributed by atoms with Crippen molar-refractivity contribution < 1.29 is 19.0 Å². The summed E-state index contributed by atoms with van der Waals surface area (Å²) in [5.41, 5.74) is 2.41. The highest BCUT2D eigenvalue weighted by Gasteiger charge is 2.13. The second-order valence-corrected chi connectivity index (χ2v) is 7.31. The summed E-state index contributed by atoms with van der Waals surface area (Å²) in [6.07, 6.45) is 0. The topological polar surface area (TPSA) is 80.9 Å². The molecular formula is C23H22ClN3O4S. The van der Waals surface area contributed by atoms with Gasteiger partial charge in [0.2, 0.25) is 0 Å². The maximum atomic E-state index is 12.5. The quantitative estimate of drug-likeness (QED) is 0.396. The molecular weight excluding hydrogens is 450 g/mol. The van der Waals surface area contributed by atoms with Crippen molar-refractivity contribution in [1.29, 1.82) is 0 Å². The highest BCUT2D eigenvalue weighted by Crippen LogP contribution is 2.36. The van der Waals surface area contributed by atoms with Crippen molar-refractivity contribution in [3.63, 3.8) is 0 Å². The average molecular weight is 472 g/mol. The van der Waals surface area contributed by atoms with Crippen molar-refractivity contribution in [2.24, 2.45) is 0 Å². The number of carbonyl (C=O) groups excluding carboxylic acids is 1. The molecule has 0 saturated heterocycles. The number of hydrogen-bond donors (Lipinski definition) is 3. The van der Waals surface area contributed by atoms with Gasteiger partial charge in [0.05, 0.1) is 37.6 Å². The fraction of sp³-hybridized carbons (Fsp3) is 0.130. The molecule has 0 aliphatic rings. The Morgan fingerprint density at radius 2 is 1.38 bits per heavy atom. The van der Waals surface area contributed by atoms with E-state index < -0.39 is 0 Å². The van der Waals surface area contributed by atoms with Gasteiger partial charge in [-0.2, -0.15) is 0 Å². The van der Waals surface area contributed by atoms with Crippen molar-refractivity contribution in [3.05, 3.63) is 71.2 Å². The summed E-state index contributed by atoms with van der Waals surface area (Å²) in [5.74, 6) is 1.28. The summed E-state index contributed by atoms with van der Waals surface area (Å²) in [4.78, 5) is 12.5. The molecule has 166 valence electrons. The number of thiocarbonyl (C=S) groups is 1. The molecule has 0 aliphatic heterocycles. The zero-order valence-electron chi connectivity index (χ0n) is 17.7. The van der Waals surface area contributed by atoms with E-state index >= 15 is 0 Å². The van der Waals surface area contributed by atoms with Crippen LogP contribution in [0.2, 0.25) is 5.02 Å². The number of benzene rings is 3. The van der Waals surface area contributed by atoms with Gasteiger partial charge in [-0.1, -0.05) is 23.7 Å². The van der Waals surface area contributed by atoms with Gasteiger partial charge < -0.3 is 30.2 Å². The lowest BCUT2D eigenvalue weighted by Gasteiger charge is -2.15. The van der Waals surface area contributed by atoms with Gasteiger partial charge in [0.25, 0.3) is 5.91 Å². The molecule has 0 spiro atoms. The molecule has 0 aromatic heterocycles. The number of nitrogens with one attached hydrogen (secondary N) is 3. The predicted octanol–water partition coefficient (Wildman–Crippen LogP) is 5.43. The SMILES string of the molecule is COc1cc(OC)c(NC(=S)Nc2ccc(NC(=O)c3ccccc3OC)cc2)cc1Cl. The van der Waals surface area contributed by atoms with Crippen LogP contribution in [0.5, 0.6) is 17.2 Å². The summed E-state index contributed by atoms with van der Waals surface area (Å²) >= 11 is 11.6. The number of methoxy groups -OCH3 is 3. The van der Waals surface area contributed by atoms with Gasteiger partial charge in [0, 0.05) is 17.4 Å². The third kappa shape index (κ3) is 5.60. The molecule has 7 nitrogen and oxygen atoms in total. The molecule has 32 heavy (non-hydrogen) atoms.